The van der Waals surface area contributed by atoms with Gasteiger partial charge in [-0.25, -0.2) is 14.0 Å². The largest absolute Gasteiger partial charge is 0.465 e. The molecule has 0 aliphatic heterocycles. The monoisotopic (exact) mass is 391 g/mol. The van der Waals surface area contributed by atoms with E-state index in [0.29, 0.717) is 0 Å². The molecule has 0 heterocycles. The molecule has 0 aliphatic carbocycles. The Morgan fingerprint density at radius 1 is 1.26 bits per heavy atom. The second kappa shape index (κ2) is 9.50. The lowest BCUT2D eigenvalue weighted by molar-refractivity contribution is 0.0597. The molecule has 0 bridgehead atoms. The Kier molecular flexibility index (Phi) is 8.82. The lowest BCUT2D eigenvalue weighted by Crippen LogP contribution is -2.27. The number of anilines is 1. The number of rotatable bonds is 3. The second-order valence-corrected chi connectivity index (χ2v) is 5.77. The quantitative estimate of drug-likeness (QED) is 0.588. The molecule has 1 aromatic rings. The Morgan fingerprint density at radius 3 is 2.26 bits per heavy atom. The highest BCUT2D eigenvalue weighted by Crippen LogP contribution is 2.25. The fourth-order valence-corrected chi connectivity index (χ4v) is 2.11. The second-order valence-electron chi connectivity index (χ2n) is 5.21. The maximum atomic E-state index is 14.3. The van der Waals surface area contributed by atoms with Crippen molar-refractivity contribution in [1.29, 1.82) is 0 Å². The number of benzene rings is 1. The van der Waals surface area contributed by atoms with Crippen molar-refractivity contribution < 1.29 is 23.5 Å². The molecule has 0 spiro atoms. The van der Waals surface area contributed by atoms with Crippen molar-refractivity contribution in [1.82, 2.24) is 0 Å². The van der Waals surface area contributed by atoms with E-state index in [1.807, 2.05) is 13.8 Å². The van der Waals surface area contributed by atoms with Gasteiger partial charge in [0.2, 0.25) is 0 Å². The van der Waals surface area contributed by atoms with Gasteiger partial charge in [0.15, 0.2) is 5.82 Å². The summed E-state index contributed by atoms with van der Waals surface area (Å²) in [6.07, 6.45) is -0.771. The van der Waals surface area contributed by atoms with Crippen LogP contribution in [-0.2, 0) is 14.8 Å². The number of hydrogen-bond acceptors (Lipinski definition) is 4. The summed E-state index contributed by atoms with van der Waals surface area (Å²) in [6.45, 7) is 9.10. The first-order chi connectivity index (χ1) is 10.7. The predicted octanol–water partition coefficient (Wildman–Crippen LogP) is 4.88. The fraction of sp³-hybridized carbons (Fsp3) is 0.500. The third-order valence-corrected chi connectivity index (χ3v) is 2.98. The number of carbonyl (C=O) groups is 2. The molecule has 0 saturated heterocycles. The number of ether oxygens (including phenoxy) is 2. The molecule has 0 aromatic heterocycles. The normalized spacial score (nSPS) is 10.3. The van der Waals surface area contributed by atoms with Crippen LogP contribution in [0.1, 0.15) is 50.5 Å². The summed E-state index contributed by atoms with van der Waals surface area (Å²) in [6, 6.07) is 2.68. The fourth-order valence-electron chi connectivity index (χ4n) is 1.56. The Balaban J connectivity index is 0.00000232. The van der Waals surface area contributed by atoms with Crippen LogP contribution in [0.3, 0.4) is 0 Å². The molecular weight excluding hydrogens is 369 g/mol. The third-order valence-electron chi connectivity index (χ3n) is 2.42. The third kappa shape index (κ3) is 6.56. The molecule has 0 saturated carbocycles. The molecule has 0 unspecified atom stereocenters. The Hall–Kier alpha value is -1.63. The average molecular weight is 392 g/mol. The molecule has 0 radical (unpaired) electrons. The Morgan fingerprint density at radius 2 is 1.83 bits per heavy atom. The van der Waals surface area contributed by atoms with Gasteiger partial charge in [0.05, 0.1) is 18.4 Å². The van der Waals surface area contributed by atoms with Gasteiger partial charge in [0.25, 0.3) is 0 Å². The van der Waals surface area contributed by atoms with Gasteiger partial charge >= 0.3 is 12.1 Å². The zero-order chi connectivity index (χ0) is 18.2. The molecule has 0 fully saturated rings. The van der Waals surface area contributed by atoms with Gasteiger partial charge in [-0.1, -0.05) is 29.8 Å². The summed E-state index contributed by atoms with van der Waals surface area (Å²) in [5, 5.41) is 2.42. The molecule has 130 valence electrons. The van der Waals surface area contributed by atoms with E-state index in [4.69, 9.17) is 4.74 Å². The Bertz CT molecular complexity index is 556. The van der Waals surface area contributed by atoms with Gasteiger partial charge in [-0.15, -0.1) is 0 Å². The van der Waals surface area contributed by atoms with E-state index in [0.717, 1.165) is 0 Å². The highest BCUT2D eigenvalue weighted by Gasteiger charge is 2.21. The van der Waals surface area contributed by atoms with Crippen LogP contribution < -0.4 is 5.32 Å². The summed E-state index contributed by atoms with van der Waals surface area (Å²) in [4.78, 5) is 23.2. The number of carbonyl (C=O) groups excluding carboxylic acids is 2. The smallest absolute Gasteiger partial charge is 0.412 e. The van der Waals surface area contributed by atoms with Gasteiger partial charge in [-0.05, 0) is 32.9 Å². The molecule has 23 heavy (non-hydrogen) atoms. The first kappa shape index (κ1) is 21.4. The van der Waals surface area contributed by atoms with E-state index < -0.39 is 23.5 Å². The van der Waals surface area contributed by atoms with Crippen LogP contribution >= 0.6 is 15.9 Å². The SMILES string of the molecule is CC.COC(=O)c1ccc(NC(=O)OC(C)(C)C)c(F)c1CBr. The van der Waals surface area contributed by atoms with Crippen molar-refractivity contribution in [3.63, 3.8) is 0 Å². The average Bonchev–Trinajstić information content (AvgIpc) is 2.48. The first-order valence-corrected chi connectivity index (χ1v) is 8.27. The number of hydrogen-bond donors (Lipinski definition) is 1. The van der Waals surface area contributed by atoms with Gasteiger partial charge in [0, 0.05) is 10.9 Å². The van der Waals surface area contributed by atoms with Crippen molar-refractivity contribution in [3.8, 4) is 0 Å². The maximum Gasteiger partial charge on any atom is 0.412 e. The minimum Gasteiger partial charge on any atom is -0.465 e. The van der Waals surface area contributed by atoms with Gasteiger partial charge in [-0.2, -0.15) is 0 Å². The summed E-state index contributed by atoms with van der Waals surface area (Å²) < 4.78 is 23.9. The van der Waals surface area contributed by atoms with Crippen molar-refractivity contribution in [2.24, 2.45) is 0 Å². The van der Waals surface area contributed by atoms with E-state index in [9.17, 15) is 14.0 Å². The zero-order valence-corrected chi connectivity index (χ0v) is 15.8. The van der Waals surface area contributed by atoms with Crippen LogP contribution in [0, 0.1) is 5.82 Å². The summed E-state index contributed by atoms with van der Waals surface area (Å²) in [5.41, 5.74) is -0.548. The van der Waals surface area contributed by atoms with Crippen LogP contribution in [0.2, 0.25) is 0 Å². The molecular formula is C16H23BrFNO4. The van der Waals surface area contributed by atoms with E-state index in [-0.39, 0.29) is 22.1 Å². The van der Waals surface area contributed by atoms with Crippen molar-refractivity contribution in [2.75, 3.05) is 12.4 Å². The highest BCUT2D eigenvalue weighted by molar-refractivity contribution is 9.08. The lowest BCUT2D eigenvalue weighted by atomic mass is 10.1. The van der Waals surface area contributed by atoms with Crippen LogP contribution in [0.4, 0.5) is 14.9 Å². The lowest BCUT2D eigenvalue weighted by Gasteiger charge is -2.20. The minimum absolute atomic E-state index is 0.0636. The van der Waals surface area contributed by atoms with Gasteiger partial charge < -0.3 is 9.47 Å². The molecule has 0 aliphatic rings. The molecule has 1 amide bonds. The van der Waals surface area contributed by atoms with E-state index in [1.54, 1.807) is 20.8 Å². The maximum absolute atomic E-state index is 14.3. The van der Waals surface area contributed by atoms with Crippen LogP contribution in [0.5, 0.6) is 0 Å². The number of alkyl halides is 1. The first-order valence-electron chi connectivity index (χ1n) is 7.15. The number of amides is 1. The van der Waals surface area contributed by atoms with Crippen molar-refractivity contribution in [3.05, 3.63) is 29.1 Å². The molecule has 0 atom stereocenters. The number of halogens is 2. The predicted molar refractivity (Wildman–Crippen MR) is 91.6 cm³/mol. The van der Waals surface area contributed by atoms with E-state index in [1.165, 1.54) is 19.2 Å². The number of nitrogens with one attached hydrogen (secondary N) is 1. The molecule has 1 rings (SSSR count). The van der Waals surface area contributed by atoms with E-state index in [2.05, 4.69) is 26.0 Å². The molecule has 1 aromatic carbocycles. The van der Waals surface area contributed by atoms with Gasteiger partial charge in [0.1, 0.15) is 5.60 Å². The van der Waals surface area contributed by atoms with Crippen LogP contribution in [0.25, 0.3) is 0 Å². The van der Waals surface area contributed by atoms with Crippen molar-refractivity contribution in [2.45, 2.75) is 45.5 Å². The van der Waals surface area contributed by atoms with Crippen LogP contribution in [-0.4, -0.2) is 24.8 Å². The Labute approximate surface area is 144 Å². The van der Waals surface area contributed by atoms with E-state index >= 15 is 0 Å². The number of esters is 1. The molecule has 1 N–H and O–H groups in total. The highest BCUT2D eigenvalue weighted by atomic mass is 79.9. The van der Waals surface area contributed by atoms with Gasteiger partial charge in [-0.3, -0.25) is 5.32 Å². The summed E-state index contributed by atoms with van der Waals surface area (Å²) in [5.74, 6) is -1.35. The molecule has 5 nitrogen and oxygen atoms in total. The topological polar surface area (TPSA) is 64.6 Å². The minimum atomic E-state index is -0.771. The zero-order valence-electron chi connectivity index (χ0n) is 14.3. The standard InChI is InChI=1S/C14H17BrFNO4.C2H6/c1-14(2,3)21-13(19)17-10-6-5-8(12(18)20-4)9(7-15)11(10)16;1-2/h5-6H,7H2,1-4H3,(H,17,19);1-2H3. The van der Waals surface area contributed by atoms with Crippen molar-refractivity contribution >= 4 is 33.7 Å². The summed E-state index contributed by atoms with van der Waals surface area (Å²) >= 11 is 3.11. The van der Waals surface area contributed by atoms with Crippen LogP contribution in [0.15, 0.2) is 12.1 Å². The molecule has 7 heteroatoms. The summed E-state index contributed by atoms with van der Waals surface area (Å²) in [7, 11) is 1.21. The number of methoxy groups -OCH3 is 1.